The number of ether oxygens (including phenoxy) is 1. The Balaban J connectivity index is 1.83. The van der Waals surface area contributed by atoms with Crippen molar-refractivity contribution < 1.29 is 19.4 Å². The van der Waals surface area contributed by atoms with Gasteiger partial charge in [0.15, 0.2) is 0 Å². The van der Waals surface area contributed by atoms with E-state index in [0.717, 1.165) is 21.9 Å². The number of methoxy groups -OCH3 is 1. The molecule has 26 heavy (non-hydrogen) atoms. The fourth-order valence-corrected chi connectivity index (χ4v) is 3.74. The van der Waals surface area contributed by atoms with E-state index in [1.165, 1.54) is 5.01 Å². The van der Waals surface area contributed by atoms with E-state index in [-0.39, 0.29) is 24.8 Å². The first-order valence-electron chi connectivity index (χ1n) is 8.37. The minimum absolute atomic E-state index is 0.0182. The highest BCUT2D eigenvalue weighted by Crippen LogP contribution is 2.36. The maximum absolute atomic E-state index is 12.6. The zero-order valence-electron chi connectivity index (χ0n) is 14.4. The molecule has 0 unspecified atom stereocenters. The molecule has 0 spiro atoms. The van der Waals surface area contributed by atoms with Gasteiger partial charge in [0.05, 0.1) is 18.9 Å². The van der Waals surface area contributed by atoms with Crippen LogP contribution in [-0.2, 0) is 9.59 Å². The van der Waals surface area contributed by atoms with Crippen molar-refractivity contribution in [2.24, 2.45) is 5.10 Å². The second-order valence-electron chi connectivity index (χ2n) is 6.00. The second-order valence-corrected chi connectivity index (χ2v) is 6.98. The number of nitrogens with zero attached hydrogens (tertiary/aromatic N) is 2. The molecule has 1 aromatic carbocycles. The molecule has 1 aromatic heterocycles. The lowest BCUT2D eigenvalue weighted by Crippen LogP contribution is -2.26. The standard InChI is InChI=1S/C19H20N2O4S/c1-25-14-6-2-5-13(11-14)15-12-16(17-7-4-10-26-17)21(20-15)18(22)8-3-9-19(23)24/h2,4-7,10-11,16H,3,8-9,12H2,1H3,(H,23,24)/t16-/m1/s1. The predicted octanol–water partition coefficient (Wildman–Crippen LogP) is 3.69. The first-order valence-corrected chi connectivity index (χ1v) is 9.25. The van der Waals surface area contributed by atoms with Crippen molar-refractivity contribution in [3.8, 4) is 5.75 Å². The van der Waals surface area contributed by atoms with E-state index in [0.29, 0.717) is 12.8 Å². The number of carboxylic acid groups (broad SMARTS) is 1. The number of carbonyl (C=O) groups excluding carboxylic acids is 1. The number of rotatable bonds is 7. The van der Waals surface area contributed by atoms with Crippen LogP contribution in [0.15, 0.2) is 46.9 Å². The van der Waals surface area contributed by atoms with Gasteiger partial charge in [-0.3, -0.25) is 9.59 Å². The number of amides is 1. The predicted molar refractivity (Wildman–Crippen MR) is 99.5 cm³/mol. The van der Waals surface area contributed by atoms with Gasteiger partial charge in [-0.1, -0.05) is 18.2 Å². The van der Waals surface area contributed by atoms with Crippen molar-refractivity contribution in [2.45, 2.75) is 31.7 Å². The molecule has 0 aliphatic carbocycles. The summed E-state index contributed by atoms with van der Waals surface area (Å²) in [6, 6.07) is 11.4. The van der Waals surface area contributed by atoms with Gasteiger partial charge in [-0.05, 0) is 30.0 Å². The number of hydrogen-bond donors (Lipinski definition) is 1. The first-order chi connectivity index (χ1) is 12.6. The fourth-order valence-electron chi connectivity index (χ4n) is 2.93. The number of thiophene rings is 1. The molecule has 6 nitrogen and oxygen atoms in total. The van der Waals surface area contributed by atoms with Crippen LogP contribution in [0.4, 0.5) is 0 Å². The third-order valence-electron chi connectivity index (χ3n) is 4.22. The van der Waals surface area contributed by atoms with Gasteiger partial charge < -0.3 is 9.84 Å². The lowest BCUT2D eigenvalue weighted by atomic mass is 10.0. The van der Waals surface area contributed by atoms with Gasteiger partial charge in [-0.15, -0.1) is 11.3 Å². The fraction of sp³-hybridized carbons (Fsp3) is 0.316. The number of benzene rings is 1. The molecule has 0 saturated carbocycles. The van der Waals surface area contributed by atoms with E-state index in [4.69, 9.17) is 9.84 Å². The summed E-state index contributed by atoms with van der Waals surface area (Å²) in [5.41, 5.74) is 1.75. The molecule has 1 amide bonds. The average molecular weight is 372 g/mol. The molecule has 0 saturated heterocycles. The van der Waals surface area contributed by atoms with Gasteiger partial charge in [0.2, 0.25) is 5.91 Å². The second kappa shape index (κ2) is 8.14. The molecular weight excluding hydrogens is 352 g/mol. The summed E-state index contributed by atoms with van der Waals surface area (Å²) in [5, 5.41) is 16.8. The van der Waals surface area contributed by atoms with Crippen molar-refractivity contribution in [1.29, 1.82) is 0 Å². The summed E-state index contributed by atoms with van der Waals surface area (Å²) in [6.07, 6.45) is 1.09. The Hall–Kier alpha value is -2.67. The molecule has 1 atom stereocenters. The highest BCUT2D eigenvalue weighted by Gasteiger charge is 2.33. The lowest BCUT2D eigenvalue weighted by molar-refractivity contribution is -0.137. The van der Waals surface area contributed by atoms with Crippen molar-refractivity contribution in [3.63, 3.8) is 0 Å². The monoisotopic (exact) mass is 372 g/mol. The zero-order valence-corrected chi connectivity index (χ0v) is 15.2. The molecule has 0 fully saturated rings. The van der Waals surface area contributed by atoms with Crippen LogP contribution in [-0.4, -0.2) is 34.8 Å². The van der Waals surface area contributed by atoms with Crippen LogP contribution in [0.3, 0.4) is 0 Å². The van der Waals surface area contributed by atoms with Crippen LogP contribution in [0.1, 0.15) is 42.2 Å². The lowest BCUT2D eigenvalue weighted by Gasteiger charge is -2.20. The summed E-state index contributed by atoms with van der Waals surface area (Å²) >= 11 is 1.59. The van der Waals surface area contributed by atoms with Crippen LogP contribution in [0, 0.1) is 0 Å². The number of hydrogen-bond acceptors (Lipinski definition) is 5. The highest BCUT2D eigenvalue weighted by molar-refractivity contribution is 7.10. The molecule has 0 bridgehead atoms. The first kappa shape index (κ1) is 18.1. The van der Waals surface area contributed by atoms with Crippen molar-refractivity contribution in [2.75, 3.05) is 7.11 Å². The normalized spacial score (nSPS) is 16.4. The Kier molecular flexibility index (Phi) is 5.68. The van der Waals surface area contributed by atoms with E-state index in [1.54, 1.807) is 18.4 Å². The zero-order chi connectivity index (χ0) is 18.5. The maximum Gasteiger partial charge on any atom is 0.303 e. The van der Waals surface area contributed by atoms with Crippen molar-refractivity contribution in [1.82, 2.24) is 5.01 Å². The maximum atomic E-state index is 12.6. The Labute approximate surface area is 155 Å². The molecule has 7 heteroatoms. The van der Waals surface area contributed by atoms with Gasteiger partial charge in [0.25, 0.3) is 0 Å². The summed E-state index contributed by atoms with van der Waals surface area (Å²) in [4.78, 5) is 24.4. The molecule has 3 rings (SSSR count). The summed E-state index contributed by atoms with van der Waals surface area (Å²) < 4.78 is 5.27. The van der Waals surface area contributed by atoms with Crippen LogP contribution in [0.5, 0.6) is 5.75 Å². The van der Waals surface area contributed by atoms with Crippen LogP contribution in [0.25, 0.3) is 0 Å². The molecule has 1 N–H and O–H groups in total. The van der Waals surface area contributed by atoms with E-state index in [2.05, 4.69) is 5.10 Å². The number of hydrazone groups is 1. The number of carboxylic acids is 1. The molecule has 1 aliphatic rings. The molecule has 2 heterocycles. The summed E-state index contributed by atoms with van der Waals surface area (Å²) in [6.45, 7) is 0. The van der Waals surface area contributed by atoms with Crippen LogP contribution >= 0.6 is 11.3 Å². The smallest absolute Gasteiger partial charge is 0.303 e. The average Bonchev–Trinajstić information content (AvgIpc) is 3.30. The van der Waals surface area contributed by atoms with Crippen molar-refractivity contribution >= 4 is 28.9 Å². The molecule has 136 valence electrons. The quantitative estimate of drug-likeness (QED) is 0.804. The van der Waals surface area contributed by atoms with E-state index < -0.39 is 5.97 Å². The number of carbonyl (C=O) groups is 2. The third-order valence-corrected chi connectivity index (χ3v) is 5.20. The van der Waals surface area contributed by atoms with Crippen LogP contribution < -0.4 is 4.74 Å². The minimum Gasteiger partial charge on any atom is -0.497 e. The Bertz CT molecular complexity index is 817. The topological polar surface area (TPSA) is 79.2 Å². The van der Waals surface area contributed by atoms with E-state index >= 15 is 0 Å². The SMILES string of the molecule is COc1cccc(C2=NN(C(=O)CCCC(=O)O)[C@@H](c3cccs3)C2)c1. The van der Waals surface area contributed by atoms with Gasteiger partial charge in [-0.25, -0.2) is 5.01 Å². The summed E-state index contributed by atoms with van der Waals surface area (Å²) in [5.74, 6) is -0.304. The summed E-state index contributed by atoms with van der Waals surface area (Å²) in [7, 11) is 1.61. The molecule has 2 aromatic rings. The highest BCUT2D eigenvalue weighted by atomic mass is 32.1. The molecule has 1 aliphatic heterocycles. The minimum atomic E-state index is -0.894. The third kappa shape index (κ3) is 4.11. The van der Waals surface area contributed by atoms with Gasteiger partial charge >= 0.3 is 5.97 Å². The molecule has 0 radical (unpaired) electrons. The van der Waals surface area contributed by atoms with Crippen LogP contribution in [0.2, 0.25) is 0 Å². The van der Waals surface area contributed by atoms with Gasteiger partial charge in [0, 0.05) is 29.7 Å². The van der Waals surface area contributed by atoms with Gasteiger partial charge in [-0.2, -0.15) is 5.10 Å². The Morgan fingerprint density at radius 2 is 2.15 bits per heavy atom. The van der Waals surface area contributed by atoms with E-state index in [9.17, 15) is 9.59 Å². The van der Waals surface area contributed by atoms with Gasteiger partial charge in [0.1, 0.15) is 5.75 Å². The Morgan fingerprint density at radius 3 is 2.85 bits per heavy atom. The largest absolute Gasteiger partial charge is 0.497 e. The number of aliphatic carboxylic acids is 1. The molecular formula is C19H20N2O4S. The Morgan fingerprint density at radius 1 is 1.31 bits per heavy atom. The van der Waals surface area contributed by atoms with E-state index in [1.807, 2.05) is 41.8 Å². The van der Waals surface area contributed by atoms with Crippen molar-refractivity contribution in [3.05, 3.63) is 52.2 Å².